The summed E-state index contributed by atoms with van der Waals surface area (Å²) in [6, 6.07) is 12.6. The lowest BCUT2D eigenvalue weighted by Gasteiger charge is -2.40. The Kier molecular flexibility index (Phi) is 7.37. The molecule has 38 heavy (non-hydrogen) atoms. The Labute approximate surface area is 218 Å². The first-order valence-corrected chi connectivity index (χ1v) is 13.4. The van der Waals surface area contributed by atoms with Gasteiger partial charge in [0.05, 0.1) is 17.7 Å². The first-order chi connectivity index (χ1) is 17.8. The van der Waals surface area contributed by atoms with E-state index in [0.717, 1.165) is 25.0 Å². The number of aryl methyl sites for hydroxylation is 1. The van der Waals surface area contributed by atoms with Crippen molar-refractivity contribution in [1.82, 2.24) is 9.97 Å². The summed E-state index contributed by atoms with van der Waals surface area (Å²) in [7, 11) is -4.31. The molecule has 0 aliphatic carbocycles. The highest BCUT2D eigenvalue weighted by Gasteiger charge is 2.36. The molecule has 1 aliphatic heterocycles. The Morgan fingerprint density at radius 2 is 1.84 bits per heavy atom. The number of pyridine rings is 2. The molecule has 8 nitrogen and oxygen atoms in total. The smallest absolute Gasteiger partial charge is 0.418 e. The molecule has 0 amide bonds. The van der Waals surface area contributed by atoms with Gasteiger partial charge >= 0.3 is 12.1 Å². The molecule has 4 rings (SSSR count). The van der Waals surface area contributed by atoms with Crippen LogP contribution >= 0.6 is 0 Å². The molecule has 3 heterocycles. The van der Waals surface area contributed by atoms with Gasteiger partial charge in [-0.05, 0) is 55.0 Å². The molecular weight excluding hydrogens is 521 g/mol. The van der Waals surface area contributed by atoms with Crippen LogP contribution in [0, 0.1) is 12.3 Å². The highest BCUT2D eigenvalue weighted by molar-refractivity contribution is 7.92. The largest absolute Gasteiger partial charge is 0.481 e. The molecule has 12 heteroatoms. The minimum atomic E-state index is -4.69. The first kappa shape index (κ1) is 27.4. The number of carbonyl (C=O) groups is 1. The molecule has 1 unspecified atom stereocenters. The number of hydrogen-bond acceptors (Lipinski definition) is 6. The number of nitrogens with one attached hydrogen (secondary N) is 1. The van der Waals surface area contributed by atoms with E-state index in [2.05, 4.69) is 14.7 Å². The van der Waals surface area contributed by atoms with Crippen LogP contribution < -0.4 is 9.62 Å². The van der Waals surface area contributed by atoms with E-state index in [0.29, 0.717) is 24.5 Å². The van der Waals surface area contributed by atoms with Gasteiger partial charge in [-0.2, -0.15) is 21.6 Å². The van der Waals surface area contributed by atoms with Crippen molar-refractivity contribution in [3.05, 3.63) is 65.7 Å². The summed E-state index contributed by atoms with van der Waals surface area (Å²) in [5.41, 5.74) is -1.07. The zero-order valence-electron chi connectivity index (χ0n) is 20.8. The topological polar surface area (TPSA) is 112 Å². The molecule has 202 valence electrons. The summed E-state index contributed by atoms with van der Waals surface area (Å²) < 4.78 is 69.8. The summed E-state index contributed by atoms with van der Waals surface area (Å²) in [6.45, 7) is 4.49. The molecule has 0 radical (unpaired) electrons. The van der Waals surface area contributed by atoms with E-state index >= 15 is 0 Å². The van der Waals surface area contributed by atoms with Crippen molar-refractivity contribution in [1.29, 1.82) is 0 Å². The van der Waals surface area contributed by atoms with Crippen molar-refractivity contribution in [2.45, 2.75) is 44.3 Å². The Bertz CT molecular complexity index is 1460. The molecule has 0 saturated carbocycles. The Morgan fingerprint density at radius 3 is 2.53 bits per heavy atom. The lowest BCUT2D eigenvalue weighted by atomic mass is 9.79. The van der Waals surface area contributed by atoms with Gasteiger partial charge in [-0.1, -0.05) is 37.3 Å². The fourth-order valence-electron chi connectivity index (χ4n) is 4.73. The second kappa shape index (κ2) is 10.2. The average molecular weight is 549 g/mol. The number of sulfonamides is 1. The van der Waals surface area contributed by atoms with Crippen molar-refractivity contribution in [2.24, 2.45) is 5.41 Å². The minimum Gasteiger partial charge on any atom is -0.481 e. The van der Waals surface area contributed by atoms with E-state index in [9.17, 15) is 31.5 Å². The van der Waals surface area contributed by atoms with Crippen molar-refractivity contribution in [3.8, 4) is 11.3 Å². The molecule has 1 atom stereocenters. The number of piperidine rings is 1. The van der Waals surface area contributed by atoms with Crippen LogP contribution in [0.1, 0.15) is 37.3 Å². The van der Waals surface area contributed by atoms with Crippen molar-refractivity contribution < 1.29 is 31.5 Å². The van der Waals surface area contributed by atoms with Gasteiger partial charge in [0.15, 0.2) is 5.03 Å². The maximum atomic E-state index is 13.7. The summed E-state index contributed by atoms with van der Waals surface area (Å²) in [6.07, 6.45) is -3.27. The van der Waals surface area contributed by atoms with Crippen LogP contribution in [0.3, 0.4) is 0 Å². The van der Waals surface area contributed by atoms with Crippen molar-refractivity contribution in [2.75, 3.05) is 22.7 Å². The van der Waals surface area contributed by atoms with Gasteiger partial charge in [-0.3, -0.25) is 9.52 Å². The van der Waals surface area contributed by atoms with Crippen LogP contribution in [0.5, 0.6) is 0 Å². The van der Waals surface area contributed by atoms with Gasteiger partial charge < -0.3 is 10.0 Å². The normalized spacial score (nSPS) is 18.3. The summed E-state index contributed by atoms with van der Waals surface area (Å²) in [5.74, 6) is -0.822. The molecule has 0 bridgehead atoms. The van der Waals surface area contributed by atoms with E-state index in [1.807, 2.05) is 11.8 Å². The molecule has 1 fully saturated rings. The predicted molar refractivity (Wildman–Crippen MR) is 136 cm³/mol. The SMILES string of the molecule is Cc1ccccc1-c1nc(NS(=O)(=O)c2cccc(N3CCCC(C)(CC(=O)O)C3)n2)ccc1C(F)(F)F. The Morgan fingerprint density at radius 1 is 1.11 bits per heavy atom. The van der Waals surface area contributed by atoms with E-state index in [4.69, 9.17) is 0 Å². The number of rotatable bonds is 7. The minimum absolute atomic E-state index is 0.0220. The van der Waals surface area contributed by atoms with Gasteiger partial charge in [0.1, 0.15) is 11.6 Å². The van der Waals surface area contributed by atoms with E-state index < -0.39 is 33.1 Å². The Balaban J connectivity index is 1.64. The fraction of sp³-hybridized carbons (Fsp3) is 0.346. The van der Waals surface area contributed by atoms with Gasteiger partial charge in [0, 0.05) is 18.7 Å². The molecule has 0 spiro atoms. The highest BCUT2D eigenvalue weighted by Crippen LogP contribution is 2.38. The van der Waals surface area contributed by atoms with Crippen LogP contribution in [-0.4, -0.2) is 42.6 Å². The number of anilines is 2. The predicted octanol–water partition coefficient (Wildman–Crippen LogP) is 5.35. The first-order valence-electron chi connectivity index (χ1n) is 11.9. The van der Waals surface area contributed by atoms with E-state index in [1.54, 1.807) is 31.2 Å². The summed E-state index contributed by atoms with van der Waals surface area (Å²) in [5, 5.41) is 8.92. The van der Waals surface area contributed by atoms with Gasteiger partial charge in [-0.15, -0.1) is 0 Å². The fourth-order valence-corrected chi connectivity index (χ4v) is 5.69. The second-order valence-electron chi connectivity index (χ2n) is 9.75. The molecule has 1 aliphatic rings. The number of carboxylic acids is 1. The third-order valence-electron chi connectivity index (χ3n) is 6.51. The molecule has 2 aromatic heterocycles. The Hall–Kier alpha value is -3.67. The standard InChI is InChI=1S/C26H27F3N4O4S/c1-17-7-3-4-8-18(17)24-19(26(27,28)29)11-12-20(30-24)32-38(36,37)22-10-5-9-21(31-22)33-14-6-13-25(2,16-33)15-23(34)35/h3-5,7-12H,6,13-16H2,1-2H3,(H,30,32)(H,34,35). The molecule has 2 N–H and O–H groups in total. The van der Waals surface area contributed by atoms with Gasteiger partial charge in [0.25, 0.3) is 10.0 Å². The van der Waals surface area contributed by atoms with Crippen LogP contribution in [0.4, 0.5) is 24.8 Å². The number of benzene rings is 1. The average Bonchev–Trinajstić information content (AvgIpc) is 2.83. The lowest BCUT2D eigenvalue weighted by Crippen LogP contribution is -2.43. The zero-order valence-corrected chi connectivity index (χ0v) is 21.6. The maximum Gasteiger partial charge on any atom is 0.418 e. The summed E-state index contributed by atoms with van der Waals surface area (Å²) >= 11 is 0. The van der Waals surface area contributed by atoms with Gasteiger partial charge in [-0.25, -0.2) is 9.97 Å². The van der Waals surface area contributed by atoms with Crippen LogP contribution in [0.2, 0.25) is 0 Å². The lowest BCUT2D eigenvalue weighted by molar-refractivity contribution is -0.140. The quantitative estimate of drug-likeness (QED) is 0.409. The van der Waals surface area contributed by atoms with Crippen LogP contribution in [0.15, 0.2) is 59.6 Å². The molecule has 1 aromatic carbocycles. The van der Waals surface area contributed by atoms with Crippen molar-refractivity contribution in [3.63, 3.8) is 0 Å². The second-order valence-corrected chi connectivity index (χ2v) is 11.4. The summed E-state index contributed by atoms with van der Waals surface area (Å²) in [4.78, 5) is 21.5. The number of aromatic nitrogens is 2. The third-order valence-corrected chi connectivity index (χ3v) is 7.76. The number of aliphatic carboxylic acids is 1. The van der Waals surface area contributed by atoms with Crippen molar-refractivity contribution >= 4 is 27.6 Å². The number of carboxylic acid groups (broad SMARTS) is 1. The van der Waals surface area contributed by atoms with Gasteiger partial charge in [0.2, 0.25) is 0 Å². The zero-order chi connectivity index (χ0) is 27.7. The third kappa shape index (κ3) is 6.07. The van der Waals surface area contributed by atoms with E-state index in [-0.39, 0.29) is 28.5 Å². The number of halogens is 3. The van der Waals surface area contributed by atoms with Crippen LogP contribution in [-0.2, 0) is 21.0 Å². The van der Waals surface area contributed by atoms with E-state index in [1.165, 1.54) is 18.2 Å². The number of hydrogen-bond donors (Lipinski definition) is 2. The molecular formula is C26H27F3N4O4S. The molecule has 3 aromatic rings. The molecule has 1 saturated heterocycles. The van der Waals surface area contributed by atoms with Crippen LogP contribution in [0.25, 0.3) is 11.3 Å². The number of alkyl halides is 3. The monoisotopic (exact) mass is 548 g/mol. The number of nitrogens with zero attached hydrogens (tertiary/aromatic N) is 3. The maximum absolute atomic E-state index is 13.7. The highest BCUT2D eigenvalue weighted by atomic mass is 32.2.